The van der Waals surface area contributed by atoms with E-state index in [-0.39, 0.29) is 5.70 Å². The maximum atomic E-state index is 11.0. The van der Waals surface area contributed by atoms with Gasteiger partial charge in [0.15, 0.2) is 0 Å². The Balaban J connectivity index is 2.60. The van der Waals surface area contributed by atoms with Crippen LogP contribution in [0.1, 0.15) is 31.7 Å². The highest BCUT2D eigenvalue weighted by Crippen LogP contribution is 2.05. The topological polar surface area (TPSA) is 49.3 Å². The first kappa shape index (κ1) is 13.3. The van der Waals surface area contributed by atoms with Gasteiger partial charge in [-0.15, -0.1) is 0 Å². The molecular weight excluding hydrogens is 214 g/mol. The van der Waals surface area contributed by atoms with Gasteiger partial charge in [-0.2, -0.15) is 0 Å². The zero-order valence-electron chi connectivity index (χ0n) is 10.1. The number of unbranched alkanes of at least 4 members (excludes halogenated alkanes) is 2. The Bertz CT molecular complexity index is 371. The van der Waals surface area contributed by atoms with Gasteiger partial charge in [-0.1, -0.05) is 50.1 Å². The summed E-state index contributed by atoms with van der Waals surface area (Å²) < 4.78 is 0. The lowest BCUT2D eigenvalue weighted by Crippen LogP contribution is -2.21. The first-order chi connectivity index (χ1) is 8.24. The van der Waals surface area contributed by atoms with Gasteiger partial charge in [0.1, 0.15) is 5.70 Å². The van der Waals surface area contributed by atoms with E-state index in [0.29, 0.717) is 6.54 Å². The van der Waals surface area contributed by atoms with Gasteiger partial charge in [-0.3, -0.25) is 0 Å². The standard InChI is InChI=1S/C14H19NO2/c1-2-3-7-10-15-13(14(16)17)11-12-8-5-4-6-9-12/h4-6,8-9,11,15H,2-3,7,10H2,1H3,(H,16,17)/b13-11-. The molecule has 0 atom stereocenters. The fourth-order valence-electron chi connectivity index (χ4n) is 1.50. The predicted octanol–water partition coefficient (Wildman–Crippen LogP) is 2.89. The van der Waals surface area contributed by atoms with Crippen LogP contribution in [0.5, 0.6) is 0 Å². The quantitative estimate of drug-likeness (QED) is 0.562. The lowest BCUT2D eigenvalue weighted by molar-refractivity contribution is -0.133. The lowest BCUT2D eigenvalue weighted by atomic mass is 10.2. The number of benzene rings is 1. The monoisotopic (exact) mass is 233 g/mol. The molecule has 0 heterocycles. The number of carboxylic acids is 1. The molecule has 1 aromatic rings. The zero-order valence-corrected chi connectivity index (χ0v) is 10.1. The van der Waals surface area contributed by atoms with Crippen molar-refractivity contribution in [1.82, 2.24) is 5.32 Å². The van der Waals surface area contributed by atoms with Crippen molar-refractivity contribution in [3.63, 3.8) is 0 Å². The van der Waals surface area contributed by atoms with Gasteiger partial charge < -0.3 is 10.4 Å². The van der Waals surface area contributed by atoms with Gasteiger partial charge in [0.2, 0.25) is 0 Å². The van der Waals surface area contributed by atoms with Crippen LogP contribution in [-0.2, 0) is 4.79 Å². The lowest BCUT2D eigenvalue weighted by Gasteiger charge is -2.06. The molecule has 1 aromatic carbocycles. The molecule has 2 N–H and O–H groups in total. The fourth-order valence-corrected chi connectivity index (χ4v) is 1.50. The third-order valence-electron chi connectivity index (χ3n) is 2.44. The van der Waals surface area contributed by atoms with Crippen molar-refractivity contribution in [2.24, 2.45) is 0 Å². The van der Waals surface area contributed by atoms with Crippen LogP contribution in [-0.4, -0.2) is 17.6 Å². The molecule has 92 valence electrons. The Morgan fingerprint density at radius 1 is 1.29 bits per heavy atom. The summed E-state index contributed by atoms with van der Waals surface area (Å²) in [4.78, 5) is 11.0. The highest BCUT2D eigenvalue weighted by molar-refractivity contribution is 5.91. The summed E-state index contributed by atoms with van der Waals surface area (Å²) in [5.74, 6) is -0.912. The van der Waals surface area contributed by atoms with Crippen molar-refractivity contribution in [3.8, 4) is 0 Å². The number of hydrogen-bond acceptors (Lipinski definition) is 2. The third kappa shape index (κ3) is 5.20. The van der Waals surface area contributed by atoms with Crippen LogP contribution in [0.2, 0.25) is 0 Å². The average Bonchev–Trinajstić information content (AvgIpc) is 2.34. The molecule has 0 fully saturated rings. The number of nitrogens with one attached hydrogen (secondary N) is 1. The number of hydrogen-bond donors (Lipinski definition) is 2. The number of carboxylic acid groups (broad SMARTS) is 1. The van der Waals surface area contributed by atoms with Gasteiger partial charge in [-0.05, 0) is 18.1 Å². The summed E-state index contributed by atoms with van der Waals surface area (Å²) in [6.07, 6.45) is 4.90. The second-order valence-corrected chi connectivity index (χ2v) is 3.91. The maximum absolute atomic E-state index is 11.0. The van der Waals surface area contributed by atoms with Crippen molar-refractivity contribution in [1.29, 1.82) is 0 Å². The minimum Gasteiger partial charge on any atom is -0.477 e. The summed E-state index contributed by atoms with van der Waals surface area (Å²) in [6, 6.07) is 9.46. The Morgan fingerprint density at radius 3 is 2.59 bits per heavy atom. The Kier molecular flexibility index (Phi) is 5.86. The smallest absolute Gasteiger partial charge is 0.351 e. The van der Waals surface area contributed by atoms with E-state index in [2.05, 4.69) is 12.2 Å². The van der Waals surface area contributed by atoms with E-state index in [9.17, 15) is 4.79 Å². The van der Waals surface area contributed by atoms with E-state index < -0.39 is 5.97 Å². The fraction of sp³-hybridized carbons (Fsp3) is 0.357. The van der Waals surface area contributed by atoms with E-state index >= 15 is 0 Å². The van der Waals surface area contributed by atoms with Crippen LogP contribution in [0.25, 0.3) is 6.08 Å². The van der Waals surface area contributed by atoms with E-state index in [1.54, 1.807) is 6.08 Å². The Morgan fingerprint density at radius 2 is 2.00 bits per heavy atom. The molecule has 0 aliphatic rings. The molecule has 0 aliphatic heterocycles. The minimum absolute atomic E-state index is 0.257. The van der Waals surface area contributed by atoms with Crippen molar-refractivity contribution in [2.75, 3.05) is 6.54 Å². The van der Waals surface area contributed by atoms with Crippen LogP contribution in [0.15, 0.2) is 36.0 Å². The molecule has 0 amide bonds. The van der Waals surface area contributed by atoms with Crippen molar-refractivity contribution in [2.45, 2.75) is 26.2 Å². The molecular formula is C14H19NO2. The van der Waals surface area contributed by atoms with Crippen LogP contribution < -0.4 is 5.32 Å². The van der Waals surface area contributed by atoms with Crippen LogP contribution in [0.3, 0.4) is 0 Å². The second kappa shape index (κ2) is 7.49. The third-order valence-corrected chi connectivity index (χ3v) is 2.44. The number of aliphatic carboxylic acids is 1. The molecule has 1 rings (SSSR count). The van der Waals surface area contributed by atoms with Gasteiger partial charge in [-0.25, -0.2) is 4.79 Å². The predicted molar refractivity (Wildman–Crippen MR) is 69.6 cm³/mol. The van der Waals surface area contributed by atoms with Crippen LogP contribution in [0, 0.1) is 0 Å². The van der Waals surface area contributed by atoms with Gasteiger partial charge in [0.05, 0.1) is 0 Å². The summed E-state index contributed by atoms with van der Waals surface area (Å²) >= 11 is 0. The van der Waals surface area contributed by atoms with E-state index in [1.165, 1.54) is 0 Å². The number of carbonyl (C=O) groups is 1. The first-order valence-corrected chi connectivity index (χ1v) is 5.98. The van der Waals surface area contributed by atoms with Crippen molar-refractivity contribution < 1.29 is 9.90 Å². The molecule has 0 saturated carbocycles. The van der Waals surface area contributed by atoms with E-state index in [0.717, 1.165) is 24.8 Å². The highest BCUT2D eigenvalue weighted by Gasteiger charge is 2.05. The minimum atomic E-state index is -0.912. The Labute approximate surface area is 102 Å². The summed E-state index contributed by atoms with van der Waals surface area (Å²) in [5, 5.41) is 12.0. The van der Waals surface area contributed by atoms with Gasteiger partial charge >= 0.3 is 5.97 Å². The first-order valence-electron chi connectivity index (χ1n) is 5.98. The van der Waals surface area contributed by atoms with Gasteiger partial charge in [0.25, 0.3) is 0 Å². The molecule has 3 heteroatoms. The van der Waals surface area contributed by atoms with Crippen LogP contribution in [0.4, 0.5) is 0 Å². The number of rotatable bonds is 7. The molecule has 0 spiro atoms. The van der Waals surface area contributed by atoms with Crippen molar-refractivity contribution in [3.05, 3.63) is 41.6 Å². The zero-order chi connectivity index (χ0) is 12.5. The molecule has 0 aromatic heterocycles. The Hall–Kier alpha value is -1.77. The molecule has 0 saturated heterocycles. The maximum Gasteiger partial charge on any atom is 0.351 e. The molecule has 0 radical (unpaired) electrons. The SMILES string of the molecule is CCCCCN/C(=C\c1ccccc1)C(=O)O. The summed E-state index contributed by atoms with van der Waals surface area (Å²) in [6.45, 7) is 2.83. The summed E-state index contributed by atoms with van der Waals surface area (Å²) in [5.41, 5.74) is 1.15. The summed E-state index contributed by atoms with van der Waals surface area (Å²) in [7, 11) is 0. The van der Waals surface area contributed by atoms with E-state index in [4.69, 9.17) is 5.11 Å². The molecule has 17 heavy (non-hydrogen) atoms. The van der Waals surface area contributed by atoms with Crippen LogP contribution >= 0.6 is 0 Å². The van der Waals surface area contributed by atoms with E-state index in [1.807, 2.05) is 30.3 Å². The molecule has 0 unspecified atom stereocenters. The van der Waals surface area contributed by atoms with Gasteiger partial charge in [0, 0.05) is 6.54 Å². The van der Waals surface area contributed by atoms with Crippen molar-refractivity contribution >= 4 is 12.0 Å². The second-order valence-electron chi connectivity index (χ2n) is 3.91. The molecule has 3 nitrogen and oxygen atoms in total. The highest BCUT2D eigenvalue weighted by atomic mass is 16.4. The normalized spacial score (nSPS) is 11.2. The molecule has 0 aliphatic carbocycles. The molecule has 0 bridgehead atoms. The largest absolute Gasteiger partial charge is 0.477 e. The average molecular weight is 233 g/mol.